The van der Waals surface area contributed by atoms with Gasteiger partial charge in [-0.3, -0.25) is 4.57 Å². The molecular formula is C4H6Cl5OP. The summed E-state index contributed by atoms with van der Waals surface area (Å²) in [6.45, 7) is 2.86. The topological polar surface area (TPSA) is 17.1 Å². The Morgan fingerprint density at radius 2 is 1.36 bits per heavy atom. The van der Waals surface area contributed by atoms with Gasteiger partial charge in [0, 0.05) is 0 Å². The van der Waals surface area contributed by atoms with E-state index in [1.165, 1.54) is 13.8 Å². The van der Waals surface area contributed by atoms with Crippen molar-refractivity contribution in [2.24, 2.45) is 0 Å². The lowest BCUT2D eigenvalue weighted by molar-refractivity contribution is 0.563. The number of alkyl halides is 3. The highest BCUT2D eigenvalue weighted by Gasteiger charge is 2.52. The summed E-state index contributed by atoms with van der Waals surface area (Å²) in [5.74, 6) is -3.44. The second kappa shape index (κ2) is 3.44. The van der Waals surface area contributed by atoms with E-state index in [9.17, 15) is 4.57 Å². The molecule has 0 saturated heterocycles. The third kappa shape index (κ3) is 2.83. The lowest BCUT2D eigenvalue weighted by Gasteiger charge is -2.32. The predicted molar refractivity (Wildman–Crippen MR) is 53.7 cm³/mol. The minimum atomic E-state index is -3.44. The Morgan fingerprint density at radius 3 is 1.36 bits per heavy atom. The molecule has 0 aromatic heterocycles. The summed E-state index contributed by atoms with van der Waals surface area (Å²) in [4.78, 5) is 0. The van der Waals surface area contributed by atoms with Crippen molar-refractivity contribution in [2.75, 3.05) is 0 Å². The Labute approximate surface area is 90.2 Å². The summed E-state index contributed by atoms with van der Waals surface area (Å²) in [6, 6.07) is 0. The fourth-order valence-electron chi connectivity index (χ4n) is 0.148. The van der Waals surface area contributed by atoms with Gasteiger partial charge in [0.1, 0.15) is 0 Å². The normalized spacial score (nSPS) is 15.2. The molecule has 0 saturated carbocycles. The molecule has 7 heteroatoms. The molecule has 0 radical (unpaired) electrons. The minimum Gasteiger partial charge on any atom is -0.288 e. The Morgan fingerprint density at radius 1 is 1.09 bits per heavy atom. The van der Waals surface area contributed by atoms with Crippen molar-refractivity contribution >= 4 is 63.1 Å². The van der Waals surface area contributed by atoms with E-state index in [0.717, 1.165) is 0 Å². The highest BCUT2D eigenvalue weighted by atomic mass is 35.9. The summed E-state index contributed by atoms with van der Waals surface area (Å²) in [6.07, 6.45) is 0. The summed E-state index contributed by atoms with van der Waals surface area (Å²) < 4.78 is 9.43. The van der Waals surface area contributed by atoms with E-state index in [1.807, 2.05) is 0 Å². The molecule has 0 aliphatic rings. The van der Waals surface area contributed by atoms with Crippen LogP contribution in [0.4, 0.5) is 0 Å². The van der Waals surface area contributed by atoms with E-state index < -0.39 is 14.8 Å². The van der Waals surface area contributed by atoms with Crippen LogP contribution < -0.4 is 0 Å². The Balaban J connectivity index is 4.91. The van der Waals surface area contributed by atoms with Crippen LogP contribution >= 0.6 is 63.1 Å². The molecule has 0 unspecified atom stereocenters. The Bertz CT molecular complexity index is 189. The highest BCUT2D eigenvalue weighted by Crippen LogP contribution is 2.72. The van der Waals surface area contributed by atoms with Gasteiger partial charge in [-0.25, -0.2) is 0 Å². The van der Waals surface area contributed by atoms with Gasteiger partial charge >= 0.3 is 0 Å². The molecule has 11 heavy (non-hydrogen) atoms. The van der Waals surface area contributed by atoms with Crippen LogP contribution in [0.3, 0.4) is 0 Å². The zero-order valence-electron chi connectivity index (χ0n) is 5.75. The van der Waals surface area contributed by atoms with E-state index in [1.54, 1.807) is 0 Å². The number of rotatable bonds is 1. The molecule has 0 aliphatic carbocycles. The van der Waals surface area contributed by atoms with Gasteiger partial charge in [-0.05, 0) is 36.3 Å². The maximum absolute atomic E-state index is 11.2. The van der Waals surface area contributed by atoms with Gasteiger partial charge in [-0.2, -0.15) is 0 Å². The van der Waals surface area contributed by atoms with Gasteiger partial charge < -0.3 is 0 Å². The van der Waals surface area contributed by atoms with Crippen LogP contribution in [0.25, 0.3) is 0 Å². The standard InChI is InChI=1S/C4H6Cl5OP/c1-3(2,4(5,6)7)11(8,9)10/h1-2H3. The van der Waals surface area contributed by atoms with Gasteiger partial charge in [-0.1, -0.05) is 34.8 Å². The fourth-order valence-corrected chi connectivity index (χ4v) is 3.05. The van der Waals surface area contributed by atoms with Crippen molar-refractivity contribution in [3.05, 3.63) is 0 Å². The molecular weight excluding hydrogens is 272 g/mol. The van der Waals surface area contributed by atoms with Gasteiger partial charge in [-0.15, -0.1) is 0 Å². The molecule has 68 valence electrons. The second-order valence-corrected chi connectivity index (χ2v) is 10.2. The van der Waals surface area contributed by atoms with Crippen LogP contribution in [-0.2, 0) is 4.57 Å². The first-order valence-electron chi connectivity index (χ1n) is 2.56. The zero-order valence-corrected chi connectivity index (χ0v) is 10.4. The fraction of sp³-hybridized carbons (Fsp3) is 1.00. The molecule has 0 N–H and O–H groups in total. The summed E-state index contributed by atoms with van der Waals surface area (Å²) >= 11 is 27.3. The van der Waals surface area contributed by atoms with Crippen LogP contribution in [0.1, 0.15) is 13.8 Å². The van der Waals surface area contributed by atoms with Crippen molar-refractivity contribution in [3.8, 4) is 0 Å². The predicted octanol–water partition coefficient (Wildman–Crippen LogP) is 4.81. The first-order valence-corrected chi connectivity index (χ1v) is 7.21. The van der Waals surface area contributed by atoms with Crippen molar-refractivity contribution in [1.29, 1.82) is 0 Å². The maximum Gasteiger partial charge on any atom is 0.262 e. The molecule has 0 heterocycles. The Kier molecular flexibility index (Phi) is 3.97. The minimum absolute atomic E-state index is 1.24. The molecule has 0 amide bonds. The first-order chi connectivity index (χ1) is 4.50. The van der Waals surface area contributed by atoms with Gasteiger partial charge in [0.25, 0.3) is 5.85 Å². The molecule has 0 aliphatic heterocycles. The van der Waals surface area contributed by atoms with Crippen LogP contribution in [0.15, 0.2) is 0 Å². The molecule has 0 aromatic rings. The third-order valence-electron chi connectivity index (χ3n) is 1.34. The average molecular weight is 278 g/mol. The SMILES string of the molecule is CC(C)(C(Cl)(Cl)Cl)P(=O)(Cl)Cl. The van der Waals surface area contributed by atoms with E-state index in [4.69, 9.17) is 57.3 Å². The van der Waals surface area contributed by atoms with E-state index in [0.29, 0.717) is 0 Å². The van der Waals surface area contributed by atoms with Crippen LogP contribution in [0, 0.1) is 0 Å². The lowest BCUT2D eigenvalue weighted by Crippen LogP contribution is -2.33. The monoisotopic (exact) mass is 276 g/mol. The number of halogens is 5. The lowest BCUT2D eigenvalue weighted by atomic mass is 10.2. The average Bonchev–Trinajstić information content (AvgIpc) is 1.58. The molecule has 0 rings (SSSR count). The third-order valence-corrected chi connectivity index (χ3v) is 7.33. The number of hydrogen-bond acceptors (Lipinski definition) is 1. The second-order valence-electron chi connectivity index (χ2n) is 2.52. The molecule has 0 bridgehead atoms. The highest BCUT2D eigenvalue weighted by molar-refractivity contribution is 8.09. The zero-order chi connectivity index (χ0) is 9.50. The van der Waals surface area contributed by atoms with Gasteiger partial charge in [0.05, 0.1) is 5.16 Å². The van der Waals surface area contributed by atoms with E-state index in [-0.39, 0.29) is 0 Å². The summed E-state index contributed by atoms with van der Waals surface area (Å²) in [5, 5.41) is -1.24. The first kappa shape index (κ1) is 12.7. The smallest absolute Gasteiger partial charge is 0.262 e. The quantitative estimate of drug-likeness (QED) is 0.497. The van der Waals surface area contributed by atoms with Crippen LogP contribution in [-0.4, -0.2) is 8.95 Å². The molecule has 0 spiro atoms. The van der Waals surface area contributed by atoms with E-state index >= 15 is 0 Å². The summed E-state index contributed by atoms with van der Waals surface area (Å²) in [7, 11) is 0. The molecule has 0 fully saturated rings. The summed E-state index contributed by atoms with van der Waals surface area (Å²) in [5.41, 5.74) is 0. The van der Waals surface area contributed by atoms with Gasteiger partial charge in [0.15, 0.2) is 0 Å². The van der Waals surface area contributed by atoms with Gasteiger partial charge in [0.2, 0.25) is 3.79 Å². The van der Waals surface area contributed by atoms with E-state index in [2.05, 4.69) is 0 Å². The molecule has 0 aromatic carbocycles. The van der Waals surface area contributed by atoms with Crippen molar-refractivity contribution in [3.63, 3.8) is 0 Å². The maximum atomic E-state index is 11.2. The van der Waals surface area contributed by atoms with Crippen LogP contribution in [0.5, 0.6) is 0 Å². The largest absolute Gasteiger partial charge is 0.288 e. The Hall–Kier alpha value is 1.68. The van der Waals surface area contributed by atoms with Crippen LogP contribution in [0.2, 0.25) is 0 Å². The number of hydrogen-bond donors (Lipinski definition) is 0. The van der Waals surface area contributed by atoms with Crippen molar-refractivity contribution < 1.29 is 4.57 Å². The molecule has 0 atom stereocenters. The van der Waals surface area contributed by atoms with Crippen molar-refractivity contribution in [2.45, 2.75) is 22.8 Å². The van der Waals surface area contributed by atoms with Crippen molar-refractivity contribution in [1.82, 2.24) is 0 Å². The molecule has 1 nitrogen and oxygen atoms in total.